The predicted molar refractivity (Wildman–Crippen MR) is 68.3 cm³/mol. The first-order chi connectivity index (χ1) is 8.17. The van der Waals surface area contributed by atoms with E-state index in [1.807, 2.05) is 4.57 Å². The van der Waals surface area contributed by atoms with E-state index in [9.17, 15) is 4.39 Å². The number of aromatic nitrogens is 2. The van der Waals surface area contributed by atoms with Crippen LogP contribution in [0.25, 0.3) is 11.0 Å². The largest absolute Gasteiger partial charge is 0.369 e. The fourth-order valence-corrected chi connectivity index (χ4v) is 2.32. The summed E-state index contributed by atoms with van der Waals surface area (Å²) in [6.45, 7) is 4.28. The number of nitrogen functional groups attached to an aromatic ring is 1. The number of imidazole rings is 1. The van der Waals surface area contributed by atoms with Gasteiger partial charge in [-0.2, -0.15) is 0 Å². The van der Waals surface area contributed by atoms with Gasteiger partial charge in [0, 0.05) is 12.1 Å². The van der Waals surface area contributed by atoms with Gasteiger partial charge in [0.2, 0.25) is 5.95 Å². The molecule has 1 atom stereocenters. The third-order valence-electron chi connectivity index (χ3n) is 3.14. The number of rotatable bonds is 4. The van der Waals surface area contributed by atoms with Gasteiger partial charge in [-0.15, -0.1) is 0 Å². The molecule has 3 nitrogen and oxygen atoms in total. The summed E-state index contributed by atoms with van der Waals surface area (Å²) in [5, 5.41) is 0. The number of halogens is 1. The van der Waals surface area contributed by atoms with Crippen molar-refractivity contribution < 1.29 is 4.39 Å². The maximum Gasteiger partial charge on any atom is 0.201 e. The minimum Gasteiger partial charge on any atom is -0.369 e. The molecular formula is C13H18FN3. The Labute approximate surface area is 100 Å². The van der Waals surface area contributed by atoms with Crippen molar-refractivity contribution in [3.63, 3.8) is 0 Å². The van der Waals surface area contributed by atoms with Gasteiger partial charge in [0.1, 0.15) is 5.82 Å². The van der Waals surface area contributed by atoms with Gasteiger partial charge in [0.25, 0.3) is 0 Å². The second kappa shape index (κ2) is 4.73. The van der Waals surface area contributed by atoms with Crippen LogP contribution in [0.3, 0.4) is 0 Å². The molecule has 0 aliphatic heterocycles. The van der Waals surface area contributed by atoms with Crippen LogP contribution in [0.5, 0.6) is 0 Å². The Morgan fingerprint density at radius 1 is 1.41 bits per heavy atom. The van der Waals surface area contributed by atoms with E-state index in [1.54, 1.807) is 6.07 Å². The summed E-state index contributed by atoms with van der Waals surface area (Å²) < 4.78 is 15.1. The summed E-state index contributed by atoms with van der Waals surface area (Å²) in [5.74, 6) is 0.205. The topological polar surface area (TPSA) is 43.8 Å². The lowest BCUT2D eigenvalue weighted by Gasteiger charge is -2.18. The van der Waals surface area contributed by atoms with E-state index >= 15 is 0 Å². The molecule has 1 aromatic heterocycles. The number of fused-ring (bicyclic) bond motifs is 1. The molecule has 4 heteroatoms. The van der Waals surface area contributed by atoms with Crippen molar-refractivity contribution >= 4 is 17.0 Å². The van der Waals surface area contributed by atoms with Crippen LogP contribution in [0.15, 0.2) is 18.2 Å². The first-order valence-corrected chi connectivity index (χ1v) is 6.10. The van der Waals surface area contributed by atoms with Crippen LogP contribution < -0.4 is 5.73 Å². The first kappa shape index (κ1) is 11.9. The summed E-state index contributed by atoms with van der Waals surface area (Å²) in [4.78, 5) is 4.23. The first-order valence-electron chi connectivity index (χ1n) is 6.10. The SMILES string of the molecule is CCCC(CC)n1c(N)nc2cc(F)ccc21. The standard InChI is InChI=1S/C13H18FN3/c1-3-5-10(4-2)17-12-7-6-9(14)8-11(12)16-13(17)15/h6-8,10H,3-5H2,1-2H3,(H2,15,16). The molecule has 2 rings (SSSR count). The van der Waals surface area contributed by atoms with Crippen molar-refractivity contribution in [2.75, 3.05) is 5.73 Å². The normalized spacial score (nSPS) is 13.1. The Morgan fingerprint density at radius 2 is 2.18 bits per heavy atom. The molecule has 0 fully saturated rings. The number of hydrogen-bond acceptors (Lipinski definition) is 2. The van der Waals surface area contributed by atoms with E-state index in [1.165, 1.54) is 12.1 Å². The molecule has 0 aliphatic carbocycles. The summed E-state index contributed by atoms with van der Waals surface area (Å²) in [7, 11) is 0. The fraction of sp³-hybridized carbons (Fsp3) is 0.462. The fourth-order valence-electron chi connectivity index (χ4n) is 2.32. The molecule has 2 N–H and O–H groups in total. The summed E-state index contributed by atoms with van der Waals surface area (Å²) in [5.41, 5.74) is 7.50. The quantitative estimate of drug-likeness (QED) is 0.881. The summed E-state index contributed by atoms with van der Waals surface area (Å²) in [6.07, 6.45) is 3.16. The minimum atomic E-state index is -0.273. The Balaban J connectivity index is 2.55. The van der Waals surface area contributed by atoms with Gasteiger partial charge >= 0.3 is 0 Å². The van der Waals surface area contributed by atoms with E-state index in [0.29, 0.717) is 17.5 Å². The molecule has 0 saturated carbocycles. The van der Waals surface area contributed by atoms with E-state index in [2.05, 4.69) is 18.8 Å². The van der Waals surface area contributed by atoms with Crippen LogP contribution in [-0.4, -0.2) is 9.55 Å². The Hall–Kier alpha value is -1.58. The molecule has 0 bridgehead atoms. The summed E-state index contributed by atoms with van der Waals surface area (Å²) in [6, 6.07) is 4.99. The lowest BCUT2D eigenvalue weighted by molar-refractivity contribution is 0.463. The van der Waals surface area contributed by atoms with Crippen LogP contribution in [0.4, 0.5) is 10.3 Å². The number of anilines is 1. The number of nitrogens with zero attached hydrogens (tertiary/aromatic N) is 2. The second-order valence-electron chi connectivity index (χ2n) is 4.32. The molecule has 1 aromatic carbocycles. The highest BCUT2D eigenvalue weighted by Gasteiger charge is 2.15. The molecule has 0 saturated heterocycles. The molecule has 0 amide bonds. The molecule has 0 radical (unpaired) electrons. The zero-order valence-corrected chi connectivity index (χ0v) is 10.3. The van der Waals surface area contributed by atoms with Crippen LogP contribution in [0.2, 0.25) is 0 Å². The maximum atomic E-state index is 13.1. The van der Waals surface area contributed by atoms with Crippen molar-refractivity contribution in [2.24, 2.45) is 0 Å². The monoisotopic (exact) mass is 235 g/mol. The second-order valence-corrected chi connectivity index (χ2v) is 4.32. The highest BCUT2D eigenvalue weighted by molar-refractivity contribution is 5.78. The van der Waals surface area contributed by atoms with Crippen molar-refractivity contribution in [1.29, 1.82) is 0 Å². The Bertz CT molecular complexity index is 519. The maximum absolute atomic E-state index is 13.1. The van der Waals surface area contributed by atoms with Crippen LogP contribution in [0.1, 0.15) is 39.2 Å². The average molecular weight is 235 g/mol. The van der Waals surface area contributed by atoms with Gasteiger partial charge < -0.3 is 10.3 Å². The number of nitrogens with two attached hydrogens (primary N) is 1. The lowest BCUT2D eigenvalue weighted by atomic mass is 10.1. The molecule has 0 spiro atoms. The molecule has 1 unspecified atom stereocenters. The molecule has 17 heavy (non-hydrogen) atoms. The van der Waals surface area contributed by atoms with Gasteiger partial charge in [0.15, 0.2) is 0 Å². The zero-order chi connectivity index (χ0) is 12.4. The van der Waals surface area contributed by atoms with Crippen molar-refractivity contribution in [1.82, 2.24) is 9.55 Å². The number of hydrogen-bond donors (Lipinski definition) is 1. The Kier molecular flexibility index (Phi) is 3.31. The molecule has 2 aromatic rings. The van der Waals surface area contributed by atoms with Gasteiger partial charge in [-0.3, -0.25) is 0 Å². The van der Waals surface area contributed by atoms with Crippen LogP contribution in [-0.2, 0) is 0 Å². The zero-order valence-electron chi connectivity index (χ0n) is 10.3. The number of benzene rings is 1. The van der Waals surface area contributed by atoms with E-state index in [-0.39, 0.29) is 5.82 Å². The van der Waals surface area contributed by atoms with Crippen molar-refractivity contribution in [3.05, 3.63) is 24.0 Å². The lowest BCUT2D eigenvalue weighted by Crippen LogP contribution is -2.11. The Morgan fingerprint density at radius 3 is 2.82 bits per heavy atom. The van der Waals surface area contributed by atoms with Gasteiger partial charge in [-0.05, 0) is 25.0 Å². The predicted octanol–water partition coefficient (Wildman–Crippen LogP) is 3.51. The smallest absolute Gasteiger partial charge is 0.201 e. The molecule has 0 aliphatic rings. The highest BCUT2D eigenvalue weighted by atomic mass is 19.1. The highest BCUT2D eigenvalue weighted by Crippen LogP contribution is 2.27. The van der Waals surface area contributed by atoms with Crippen molar-refractivity contribution in [2.45, 2.75) is 39.2 Å². The van der Waals surface area contributed by atoms with E-state index in [4.69, 9.17) is 5.73 Å². The van der Waals surface area contributed by atoms with Crippen LogP contribution in [0, 0.1) is 5.82 Å². The van der Waals surface area contributed by atoms with Gasteiger partial charge in [0.05, 0.1) is 11.0 Å². The third kappa shape index (κ3) is 2.12. The van der Waals surface area contributed by atoms with Crippen molar-refractivity contribution in [3.8, 4) is 0 Å². The van der Waals surface area contributed by atoms with Crippen LogP contribution >= 0.6 is 0 Å². The van der Waals surface area contributed by atoms with Gasteiger partial charge in [-0.1, -0.05) is 20.3 Å². The molecular weight excluding hydrogens is 217 g/mol. The molecule has 1 heterocycles. The van der Waals surface area contributed by atoms with Gasteiger partial charge in [-0.25, -0.2) is 9.37 Å². The average Bonchev–Trinajstić information content (AvgIpc) is 2.61. The van der Waals surface area contributed by atoms with E-state index < -0.39 is 0 Å². The summed E-state index contributed by atoms with van der Waals surface area (Å²) >= 11 is 0. The minimum absolute atomic E-state index is 0.273. The molecule has 92 valence electrons. The van der Waals surface area contributed by atoms with E-state index in [0.717, 1.165) is 24.8 Å². The third-order valence-corrected chi connectivity index (χ3v) is 3.14.